The van der Waals surface area contributed by atoms with E-state index >= 15 is 0 Å². The first-order valence-corrected chi connectivity index (χ1v) is 6.96. The third-order valence-electron chi connectivity index (χ3n) is 2.32. The van der Waals surface area contributed by atoms with E-state index in [1.54, 1.807) is 24.3 Å². The number of benzene rings is 1. The molecule has 1 amide bonds. The van der Waals surface area contributed by atoms with E-state index in [2.05, 4.69) is 15.9 Å². The molecular weight excluding hydrogens is 346 g/mol. The average Bonchev–Trinajstić information content (AvgIpc) is 2.26. The molecule has 19 heavy (non-hydrogen) atoms. The van der Waals surface area contributed by atoms with Crippen molar-refractivity contribution in [3.63, 3.8) is 0 Å². The maximum Gasteiger partial charge on any atom is 0.406 e. The summed E-state index contributed by atoms with van der Waals surface area (Å²) in [7, 11) is 0. The number of hydrogen-bond donors (Lipinski definition) is 0. The van der Waals surface area contributed by atoms with Gasteiger partial charge in [0.25, 0.3) is 0 Å². The SMILES string of the molecule is O=C(Cc1cccc(Cl)c1)N(CCBr)CC(F)(F)F. The molecule has 0 bridgehead atoms. The van der Waals surface area contributed by atoms with Gasteiger partial charge in [-0.05, 0) is 17.7 Å². The first-order valence-electron chi connectivity index (χ1n) is 5.47. The van der Waals surface area contributed by atoms with E-state index in [4.69, 9.17) is 11.6 Å². The summed E-state index contributed by atoms with van der Waals surface area (Å²) in [5, 5.41) is 0.748. The van der Waals surface area contributed by atoms with E-state index in [0.717, 1.165) is 4.90 Å². The van der Waals surface area contributed by atoms with E-state index < -0.39 is 18.6 Å². The molecule has 0 spiro atoms. The van der Waals surface area contributed by atoms with Crippen LogP contribution >= 0.6 is 27.5 Å². The van der Waals surface area contributed by atoms with Gasteiger partial charge in [0, 0.05) is 16.9 Å². The number of carbonyl (C=O) groups excluding carboxylic acids is 1. The van der Waals surface area contributed by atoms with Crippen molar-refractivity contribution in [2.45, 2.75) is 12.6 Å². The van der Waals surface area contributed by atoms with Crippen LogP contribution in [0.3, 0.4) is 0 Å². The molecule has 0 N–H and O–H groups in total. The smallest absolute Gasteiger partial charge is 0.332 e. The zero-order valence-electron chi connectivity index (χ0n) is 9.88. The quantitative estimate of drug-likeness (QED) is 0.736. The van der Waals surface area contributed by atoms with Crippen molar-refractivity contribution in [2.24, 2.45) is 0 Å². The minimum absolute atomic E-state index is 0.0128. The number of nitrogens with zero attached hydrogens (tertiary/aromatic N) is 1. The van der Waals surface area contributed by atoms with Crippen LogP contribution < -0.4 is 0 Å². The Labute approximate surface area is 122 Å². The summed E-state index contributed by atoms with van der Waals surface area (Å²) in [6.07, 6.45) is -4.49. The first kappa shape index (κ1) is 16.3. The fourth-order valence-electron chi connectivity index (χ4n) is 1.54. The molecule has 1 aromatic carbocycles. The topological polar surface area (TPSA) is 20.3 Å². The molecule has 2 nitrogen and oxygen atoms in total. The minimum Gasteiger partial charge on any atom is -0.332 e. The summed E-state index contributed by atoms with van der Waals surface area (Å²) in [6, 6.07) is 6.52. The van der Waals surface area contributed by atoms with Gasteiger partial charge in [0.2, 0.25) is 5.91 Å². The summed E-state index contributed by atoms with van der Waals surface area (Å²) >= 11 is 8.80. The van der Waals surface area contributed by atoms with E-state index in [1.807, 2.05) is 0 Å². The monoisotopic (exact) mass is 357 g/mol. The second-order valence-electron chi connectivity index (χ2n) is 3.93. The number of hydrogen-bond acceptors (Lipinski definition) is 1. The van der Waals surface area contributed by atoms with Crippen LogP contribution in [-0.2, 0) is 11.2 Å². The lowest BCUT2D eigenvalue weighted by atomic mass is 10.1. The number of alkyl halides is 4. The standard InChI is InChI=1S/C12H12BrClF3NO/c13-4-5-18(8-12(15,16)17)11(19)7-9-2-1-3-10(14)6-9/h1-3,6H,4-5,7-8H2. The van der Waals surface area contributed by atoms with Gasteiger partial charge in [-0.3, -0.25) is 4.79 Å². The Balaban J connectivity index is 2.71. The Morgan fingerprint density at radius 1 is 1.37 bits per heavy atom. The van der Waals surface area contributed by atoms with Crippen LogP contribution in [-0.4, -0.2) is 35.4 Å². The van der Waals surface area contributed by atoms with Gasteiger partial charge >= 0.3 is 6.18 Å². The normalized spacial score (nSPS) is 11.4. The molecule has 0 fully saturated rings. The molecule has 106 valence electrons. The van der Waals surface area contributed by atoms with Crippen LogP contribution in [0.5, 0.6) is 0 Å². The van der Waals surface area contributed by atoms with Crippen LogP contribution in [0.2, 0.25) is 5.02 Å². The van der Waals surface area contributed by atoms with Gasteiger partial charge < -0.3 is 4.90 Å². The molecule has 0 aliphatic heterocycles. The van der Waals surface area contributed by atoms with Crippen molar-refractivity contribution in [2.75, 3.05) is 18.4 Å². The van der Waals surface area contributed by atoms with Crippen LogP contribution in [0.15, 0.2) is 24.3 Å². The van der Waals surface area contributed by atoms with Crippen LogP contribution in [0.1, 0.15) is 5.56 Å². The molecule has 0 aliphatic carbocycles. The molecule has 0 heterocycles. The highest BCUT2D eigenvalue weighted by Gasteiger charge is 2.32. The molecule has 0 radical (unpaired) electrons. The molecule has 0 aromatic heterocycles. The lowest BCUT2D eigenvalue weighted by molar-refractivity contribution is -0.160. The summed E-state index contributed by atoms with van der Waals surface area (Å²) in [5.74, 6) is -0.570. The lowest BCUT2D eigenvalue weighted by Gasteiger charge is -2.23. The zero-order chi connectivity index (χ0) is 14.5. The summed E-state index contributed by atoms with van der Waals surface area (Å²) in [4.78, 5) is 12.6. The first-order chi connectivity index (χ1) is 8.81. The predicted octanol–water partition coefficient (Wildman–Crippen LogP) is 3.67. The molecule has 1 rings (SSSR count). The fourth-order valence-corrected chi connectivity index (χ4v) is 2.18. The van der Waals surface area contributed by atoms with Crippen molar-refractivity contribution >= 4 is 33.4 Å². The summed E-state index contributed by atoms with van der Waals surface area (Å²) in [6.45, 7) is -1.23. The average molecular weight is 359 g/mol. The van der Waals surface area contributed by atoms with E-state index in [0.29, 0.717) is 15.9 Å². The Kier molecular flexibility index (Phi) is 6.13. The van der Waals surface area contributed by atoms with Crippen molar-refractivity contribution in [1.82, 2.24) is 4.90 Å². The molecule has 0 saturated heterocycles. The number of amides is 1. The van der Waals surface area contributed by atoms with E-state index in [9.17, 15) is 18.0 Å². The summed E-state index contributed by atoms with van der Waals surface area (Å²) < 4.78 is 37.1. The Bertz CT molecular complexity index is 439. The van der Waals surface area contributed by atoms with Crippen molar-refractivity contribution in [3.8, 4) is 0 Å². The molecule has 0 saturated carbocycles. The highest BCUT2D eigenvalue weighted by molar-refractivity contribution is 9.09. The van der Waals surface area contributed by atoms with Gasteiger partial charge in [0.15, 0.2) is 0 Å². The number of carbonyl (C=O) groups is 1. The fraction of sp³-hybridized carbons (Fsp3) is 0.417. The molecule has 0 unspecified atom stereocenters. The van der Waals surface area contributed by atoms with Gasteiger partial charge in [-0.1, -0.05) is 39.7 Å². The molecular formula is C12H12BrClF3NO. The summed E-state index contributed by atoms with van der Waals surface area (Å²) in [5.41, 5.74) is 0.597. The molecule has 7 heteroatoms. The van der Waals surface area contributed by atoms with Crippen LogP contribution in [0, 0.1) is 0 Å². The molecule has 0 aliphatic rings. The Morgan fingerprint density at radius 3 is 2.58 bits per heavy atom. The Hall–Kier alpha value is -0.750. The van der Waals surface area contributed by atoms with Gasteiger partial charge in [-0.15, -0.1) is 0 Å². The molecule has 1 aromatic rings. The van der Waals surface area contributed by atoms with Crippen LogP contribution in [0.25, 0.3) is 0 Å². The van der Waals surface area contributed by atoms with Crippen molar-refractivity contribution < 1.29 is 18.0 Å². The second kappa shape index (κ2) is 7.14. The number of halogens is 5. The van der Waals surface area contributed by atoms with Crippen molar-refractivity contribution in [3.05, 3.63) is 34.9 Å². The number of rotatable bonds is 5. The van der Waals surface area contributed by atoms with Gasteiger partial charge in [0.05, 0.1) is 6.42 Å². The maximum atomic E-state index is 12.4. The third kappa shape index (κ3) is 6.29. The van der Waals surface area contributed by atoms with Gasteiger partial charge in [-0.25, -0.2) is 0 Å². The lowest BCUT2D eigenvalue weighted by Crippen LogP contribution is -2.40. The highest BCUT2D eigenvalue weighted by Crippen LogP contribution is 2.18. The minimum atomic E-state index is -4.40. The van der Waals surface area contributed by atoms with Gasteiger partial charge in [-0.2, -0.15) is 13.2 Å². The highest BCUT2D eigenvalue weighted by atomic mass is 79.9. The Morgan fingerprint density at radius 2 is 2.05 bits per heavy atom. The maximum absolute atomic E-state index is 12.4. The van der Waals surface area contributed by atoms with Crippen molar-refractivity contribution in [1.29, 1.82) is 0 Å². The predicted molar refractivity (Wildman–Crippen MR) is 71.6 cm³/mol. The molecule has 0 atom stereocenters. The van der Waals surface area contributed by atoms with E-state index in [1.165, 1.54) is 0 Å². The van der Waals surface area contributed by atoms with Crippen LogP contribution in [0.4, 0.5) is 13.2 Å². The largest absolute Gasteiger partial charge is 0.406 e. The van der Waals surface area contributed by atoms with Gasteiger partial charge in [0.1, 0.15) is 6.54 Å². The van der Waals surface area contributed by atoms with E-state index in [-0.39, 0.29) is 13.0 Å². The third-order valence-corrected chi connectivity index (χ3v) is 2.91. The second-order valence-corrected chi connectivity index (χ2v) is 5.16. The zero-order valence-corrected chi connectivity index (χ0v) is 12.2.